The molecule has 7 nitrogen and oxygen atoms in total. The monoisotopic (exact) mass is 705 g/mol. The normalized spacial score (nSPS) is 11.6. The van der Waals surface area contributed by atoms with E-state index in [1.54, 1.807) is 0 Å². The molecule has 55 heavy (non-hydrogen) atoms. The third kappa shape index (κ3) is 5.05. The molecule has 0 saturated carbocycles. The van der Waals surface area contributed by atoms with Gasteiger partial charge in [0.2, 0.25) is 5.95 Å². The van der Waals surface area contributed by atoms with Crippen LogP contribution in [0.1, 0.15) is 0 Å². The molecule has 0 radical (unpaired) electrons. The van der Waals surface area contributed by atoms with Gasteiger partial charge in [0.1, 0.15) is 0 Å². The van der Waals surface area contributed by atoms with Gasteiger partial charge in [-0.15, -0.1) is 0 Å². The summed E-state index contributed by atoms with van der Waals surface area (Å²) in [5, 5.41) is 4.83. The van der Waals surface area contributed by atoms with E-state index in [0.29, 0.717) is 17.5 Å². The molecule has 0 amide bonds. The molecule has 0 atom stereocenters. The zero-order valence-corrected chi connectivity index (χ0v) is 29.5. The first-order valence-electron chi connectivity index (χ1n) is 18.3. The molecule has 0 aliphatic rings. The average Bonchev–Trinajstić information content (AvgIpc) is 3.97. The summed E-state index contributed by atoms with van der Waals surface area (Å²) in [5.41, 5.74) is 9.44. The highest BCUT2D eigenvalue weighted by Crippen LogP contribution is 2.37. The quantitative estimate of drug-likeness (QED) is 0.173. The molecule has 11 aromatic rings. The summed E-state index contributed by atoms with van der Waals surface area (Å²) in [5.74, 6) is 2.70. The maximum Gasteiger partial charge on any atom is 0.219 e. The van der Waals surface area contributed by atoms with E-state index in [9.17, 15) is 0 Å². The predicted octanol–water partition coefficient (Wildman–Crippen LogP) is 11.3. The second kappa shape index (κ2) is 12.5. The average molecular weight is 706 g/mol. The van der Waals surface area contributed by atoms with Crippen LogP contribution in [-0.4, -0.2) is 33.6 Å². The molecule has 0 fully saturated rings. The number of aromatic nitrogens is 7. The van der Waals surface area contributed by atoms with Gasteiger partial charge in [-0.3, -0.25) is 9.13 Å². The maximum atomic E-state index is 4.95. The molecule has 0 saturated heterocycles. The number of nitrogens with zero attached hydrogens (tertiary/aromatic N) is 7. The van der Waals surface area contributed by atoms with Crippen molar-refractivity contribution in [3.8, 4) is 51.5 Å². The first-order chi connectivity index (χ1) is 27.3. The molecule has 0 N–H and O–H groups in total. The Hall–Kier alpha value is -7.64. The molecule has 4 aromatic heterocycles. The highest BCUT2D eigenvalue weighted by molar-refractivity contribution is 6.12. The second-order valence-electron chi connectivity index (χ2n) is 13.6. The fraction of sp³-hybridized carbons (Fsp3) is 0. The van der Waals surface area contributed by atoms with Gasteiger partial charge >= 0.3 is 0 Å². The van der Waals surface area contributed by atoms with Crippen molar-refractivity contribution < 1.29 is 0 Å². The highest BCUT2D eigenvalue weighted by atomic mass is 15.2. The molecule has 11 rings (SSSR count). The zero-order valence-electron chi connectivity index (χ0n) is 29.5. The zero-order chi connectivity index (χ0) is 36.3. The fourth-order valence-electron chi connectivity index (χ4n) is 7.89. The van der Waals surface area contributed by atoms with E-state index in [2.05, 4.69) is 129 Å². The van der Waals surface area contributed by atoms with Crippen LogP contribution in [0, 0.1) is 0 Å². The Kier molecular flexibility index (Phi) is 7.03. The van der Waals surface area contributed by atoms with Gasteiger partial charge in [0.15, 0.2) is 17.5 Å². The van der Waals surface area contributed by atoms with Crippen LogP contribution in [0.5, 0.6) is 0 Å². The standard InChI is InChI=1S/C48H31N7/c1-3-13-32(14-4-1)45-50-46(33-15-5-2-6-16-33)52-47(51-45)34-23-25-35(26-24-34)53-30-29-49-48(53)55-43-22-12-9-19-39(43)40-31-36(27-28-44(40)55)54-41-20-10-7-17-37(41)38-18-8-11-21-42(38)54/h1-31H. The van der Waals surface area contributed by atoms with E-state index in [4.69, 9.17) is 19.9 Å². The second-order valence-corrected chi connectivity index (χ2v) is 13.6. The molecule has 0 aliphatic heterocycles. The lowest BCUT2D eigenvalue weighted by Gasteiger charge is -2.13. The van der Waals surface area contributed by atoms with Gasteiger partial charge in [0.25, 0.3) is 0 Å². The van der Waals surface area contributed by atoms with Crippen molar-refractivity contribution in [1.29, 1.82) is 0 Å². The van der Waals surface area contributed by atoms with E-state index < -0.39 is 0 Å². The van der Waals surface area contributed by atoms with Gasteiger partial charge in [0, 0.05) is 62.0 Å². The Morgan fingerprint density at radius 3 is 1.35 bits per heavy atom. The summed E-state index contributed by atoms with van der Waals surface area (Å²) in [6, 6.07) is 61.1. The van der Waals surface area contributed by atoms with Crippen LogP contribution in [0.2, 0.25) is 0 Å². The number of rotatable bonds is 6. The minimum absolute atomic E-state index is 0.617. The van der Waals surface area contributed by atoms with Crippen LogP contribution in [0.15, 0.2) is 188 Å². The first-order valence-corrected chi connectivity index (χ1v) is 18.3. The number of para-hydroxylation sites is 3. The Labute approximate surface area is 316 Å². The lowest BCUT2D eigenvalue weighted by atomic mass is 10.1. The van der Waals surface area contributed by atoms with Gasteiger partial charge in [0.05, 0.1) is 22.1 Å². The lowest BCUT2D eigenvalue weighted by Crippen LogP contribution is -2.05. The van der Waals surface area contributed by atoms with Crippen molar-refractivity contribution in [2.75, 3.05) is 0 Å². The summed E-state index contributed by atoms with van der Waals surface area (Å²) in [6.45, 7) is 0. The fourth-order valence-corrected chi connectivity index (χ4v) is 7.89. The van der Waals surface area contributed by atoms with Crippen molar-refractivity contribution in [2.24, 2.45) is 0 Å². The molecular weight excluding hydrogens is 675 g/mol. The van der Waals surface area contributed by atoms with Gasteiger partial charge in [-0.25, -0.2) is 19.9 Å². The Balaban J connectivity index is 1.02. The van der Waals surface area contributed by atoms with Gasteiger partial charge in [-0.1, -0.05) is 115 Å². The summed E-state index contributed by atoms with van der Waals surface area (Å²) in [6.07, 6.45) is 3.88. The summed E-state index contributed by atoms with van der Waals surface area (Å²) in [7, 11) is 0. The number of hydrogen-bond donors (Lipinski definition) is 0. The minimum Gasteiger partial charge on any atom is -0.309 e. The van der Waals surface area contributed by atoms with E-state index in [1.165, 1.54) is 27.2 Å². The molecule has 0 spiro atoms. The Morgan fingerprint density at radius 2 is 0.782 bits per heavy atom. The van der Waals surface area contributed by atoms with Crippen molar-refractivity contribution >= 4 is 43.6 Å². The Bertz CT molecular complexity index is 3080. The number of hydrogen-bond acceptors (Lipinski definition) is 4. The molecule has 258 valence electrons. The van der Waals surface area contributed by atoms with Crippen LogP contribution < -0.4 is 0 Å². The topological polar surface area (TPSA) is 66.3 Å². The van der Waals surface area contributed by atoms with E-state index >= 15 is 0 Å². The summed E-state index contributed by atoms with van der Waals surface area (Å²) < 4.78 is 6.77. The van der Waals surface area contributed by atoms with Crippen molar-refractivity contribution in [3.63, 3.8) is 0 Å². The first kappa shape index (κ1) is 30.9. The highest BCUT2D eigenvalue weighted by Gasteiger charge is 2.19. The van der Waals surface area contributed by atoms with Crippen LogP contribution in [0.25, 0.3) is 95.1 Å². The smallest absolute Gasteiger partial charge is 0.219 e. The minimum atomic E-state index is 0.617. The van der Waals surface area contributed by atoms with Crippen LogP contribution in [-0.2, 0) is 0 Å². The lowest BCUT2D eigenvalue weighted by molar-refractivity contribution is 0.937. The molecule has 0 bridgehead atoms. The van der Waals surface area contributed by atoms with E-state index in [1.807, 2.05) is 73.1 Å². The van der Waals surface area contributed by atoms with Gasteiger partial charge in [-0.05, 0) is 60.7 Å². The van der Waals surface area contributed by atoms with Crippen molar-refractivity contribution in [1.82, 2.24) is 33.6 Å². The van der Waals surface area contributed by atoms with E-state index in [-0.39, 0.29) is 0 Å². The maximum absolute atomic E-state index is 4.95. The SMILES string of the molecule is c1ccc(-c2nc(-c3ccccc3)nc(-c3ccc(-n4ccnc4-n4c5ccccc5c5cc(-n6c7ccccc7c7ccccc76)ccc54)cc3)n2)cc1. The van der Waals surface area contributed by atoms with Crippen LogP contribution >= 0.6 is 0 Å². The molecule has 4 heterocycles. The molecule has 7 aromatic carbocycles. The number of fused-ring (bicyclic) bond motifs is 6. The largest absolute Gasteiger partial charge is 0.309 e. The van der Waals surface area contributed by atoms with Gasteiger partial charge < -0.3 is 4.57 Å². The van der Waals surface area contributed by atoms with Crippen molar-refractivity contribution in [2.45, 2.75) is 0 Å². The molecule has 0 unspecified atom stereocenters. The number of benzene rings is 7. The molecular formula is C48H31N7. The summed E-state index contributed by atoms with van der Waals surface area (Å²) in [4.78, 5) is 19.7. The number of imidazole rings is 1. The van der Waals surface area contributed by atoms with Crippen LogP contribution in [0.4, 0.5) is 0 Å². The molecule has 0 aliphatic carbocycles. The molecule has 7 heteroatoms. The third-order valence-corrected chi connectivity index (χ3v) is 10.4. The van der Waals surface area contributed by atoms with Crippen LogP contribution in [0.3, 0.4) is 0 Å². The third-order valence-electron chi connectivity index (χ3n) is 10.4. The van der Waals surface area contributed by atoms with E-state index in [0.717, 1.165) is 50.4 Å². The Morgan fingerprint density at radius 1 is 0.345 bits per heavy atom. The van der Waals surface area contributed by atoms with Crippen molar-refractivity contribution in [3.05, 3.63) is 188 Å². The summed E-state index contributed by atoms with van der Waals surface area (Å²) >= 11 is 0. The van der Waals surface area contributed by atoms with Gasteiger partial charge in [-0.2, -0.15) is 0 Å². The predicted molar refractivity (Wildman–Crippen MR) is 222 cm³/mol.